The topological polar surface area (TPSA) is 70.2 Å². The zero-order chi connectivity index (χ0) is 14.9. The van der Waals surface area contributed by atoms with Gasteiger partial charge >= 0.3 is 0 Å². The second kappa shape index (κ2) is 8.64. The highest BCUT2D eigenvalue weighted by molar-refractivity contribution is 5.76. The summed E-state index contributed by atoms with van der Waals surface area (Å²) in [4.78, 5) is 7.72. The van der Waals surface area contributed by atoms with Crippen molar-refractivity contribution in [1.29, 1.82) is 0 Å². The predicted molar refractivity (Wildman–Crippen MR) is 84.7 cm³/mol. The lowest BCUT2D eigenvalue weighted by molar-refractivity contribution is 0.129. The molecule has 3 N–H and O–H groups in total. The molecule has 5 heteroatoms. The molecule has 0 spiro atoms. The first-order valence-corrected chi connectivity index (χ1v) is 7.75. The van der Waals surface area contributed by atoms with Crippen LogP contribution < -0.4 is 5.32 Å². The molecule has 0 fully saturated rings. The smallest absolute Gasteiger partial charge is 0.117 e. The number of nitrogens with one attached hydrogen (secondary N) is 2. The van der Waals surface area contributed by atoms with E-state index >= 15 is 0 Å². The Balaban J connectivity index is 1.59. The van der Waals surface area contributed by atoms with Gasteiger partial charge in [-0.2, -0.15) is 0 Å². The number of hydrogen-bond acceptors (Lipinski definition) is 4. The average Bonchev–Trinajstić information content (AvgIpc) is 2.87. The van der Waals surface area contributed by atoms with E-state index in [2.05, 4.69) is 22.2 Å². The SMILES string of the molecule is CCCCOCCCNCCc1nc2ccc(O)cc2[nH]1. The fourth-order valence-electron chi connectivity index (χ4n) is 2.15. The highest BCUT2D eigenvalue weighted by Crippen LogP contribution is 2.17. The molecular weight excluding hydrogens is 266 g/mol. The van der Waals surface area contributed by atoms with Gasteiger partial charge in [-0.3, -0.25) is 0 Å². The normalized spacial score (nSPS) is 11.3. The molecule has 1 aromatic heterocycles. The number of aromatic hydroxyl groups is 1. The summed E-state index contributed by atoms with van der Waals surface area (Å²) in [6, 6.07) is 5.18. The minimum atomic E-state index is 0.263. The van der Waals surface area contributed by atoms with Gasteiger partial charge < -0.3 is 20.1 Å². The van der Waals surface area contributed by atoms with Gasteiger partial charge in [0.1, 0.15) is 11.6 Å². The van der Waals surface area contributed by atoms with Crippen molar-refractivity contribution in [3.63, 3.8) is 0 Å². The molecule has 0 aliphatic heterocycles. The van der Waals surface area contributed by atoms with Crippen LogP contribution >= 0.6 is 0 Å². The number of ether oxygens (including phenoxy) is 1. The first-order valence-electron chi connectivity index (χ1n) is 7.75. The first-order chi connectivity index (χ1) is 10.3. The molecule has 2 aromatic rings. The van der Waals surface area contributed by atoms with Crippen molar-refractivity contribution >= 4 is 11.0 Å². The molecule has 0 radical (unpaired) electrons. The molecule has 0 aliphatic rings. The van der Waals surface area contributed by atoms with Crippen LogP contribution in [0.4, 0.5) is 0 Å². The molecule has 0 atom stereocenters. The molecule has 5 nitrogen and oxygen atoms in total. The Morgan fingerprint density at radius 1 is 1.24 bits per heavy atom. The van der Waals surface area contributed by atoms with Crippen molar-refractivity contribution in [2.45, 2.75) is 32.6 Å². The Hall–Kier alpha value is -1.59. The van der Waals surface area contributed by atoms with E-state index in [-0.39, 0.29) is 5.75 Å². The number of hydrogen-bond donors (Lipinski definition) is 3. The Kier molecular flexibility index (Phi) is 6.50. The number of rotatable bonds is 10. The summed E-state index contributed by atoms with van der Waals surface area (Å²) < 4.78 is 5.51. The Morgan fingerprint density at radius 2 is 2.10 bits per heavy atom. The fourth-order valence-corrected chi connectivity index (χ4v) is 2.15. The van der Waals surface area contributed by atoms with E-state index in [0.29, 0.717) is 0 Å². The Morgan fingerprint density at radius 3 is 2.95 bits per heavy atom. The van der Waals surface area contributed by atoms with Gasteiger partial charge in [0.05, 0.1) is 11.0 Å². The number of benzene rings is 1. The zero-order valence-corrected chi connectivity index (χ0v) is 12.7. The van der Waals surface area contributed by atoms with Gasteiger partial charge in [-0.05, 0) is 31.5 Å². The van der Waals surface area contributed by atoms with Crippen molar-refractivity contribution in [2.24, 2.45) is 0 Å². The number of unbranched alkanes of at least 4 members (excludes halogenated alkanes) is 1. The maximum Gasteiger partial charge on any atom is 0.117 e. The standard InChI is InChI=1S/C16H25N3O2/c1-2-3-10-21-11-4-8-17-9-7-16-18-14-6-5-13(20)12-15(14)19-16/h5-6,12,17,20H,2-4,7-11H2,1H3,(H,18,19). The third-order valence-electron chi connectivity index (χ3n) is 3.34. The lowest BCUT2D eigenvalue weighted by Gasteiger charge is -2.04. The summed E-state index contributed by atoms with van der Waals surface area (Å²) in [6.45, 7) is 5.73. The van der Waals surface area contributed by atoms with Crippen molar-refractivity contribution in [3.8, 4) is 5.75 Å². The van der Waals surface area contributed by atoms with Crippen LogP contribution in [-0.2, 0) is 11.2 Å². The molecule has 0 saturated heterocycles. The van der Waals surface area contributed by atoms with Crippen LogP contribution in [0.3, 0.4) is 0 Å². The lowest BCUT2D eigenvalue weighted by Crippen LogP contribution is -2.20. The monoisotopic (exact) mass is 291 g/mol. The van der Waals surface area contributed by atoms with E-state index in [1.165, 1.54) is 6.42 Å². The number of aromatic amines is 1. The van der Waals surface area contributed by atoms with Crippen LogP contribution in [0.5, 0.6) is 5.75 Å². The second-order valence-electron chi connectivity index (χ2n) is 5.20. The molecule has 116 valence electrons. The summed E-state index contributed by atoms with van der Waals surface area (Å²) in [7, 11) is 0. The third-order valence-corrected chi connectivity index (χ3v) is 3.34. The van der Waals surface area contributed by atoms with Crippen molar-refractivity contribution in [1.82, 2.24) is 15.3 Å². The van der Waals surface area contributed by atoms with E-state index in [4.69, 9.17) is 4.74 Å². The fraction of sp³-hybridized carbons (Fsp3) is 0.562. The lowest BCUT2D eigenvalue weighted by atomic mass is 10.3. The minimum absolute atomic E-state index is 0.263. The Bertz CT molecular complexity index is 539. The third kappa shape index (κ3) is 5.36. The van der Waals surface area contributed by atoms with E-state index in [0.717, 1.165) is 62.4 Å². The largest absolute Gasteiger partial charge is 0.508 e. The quantitative estimate of drug-likeness (QED) is 0.589. The van der Waals surface area contributed by atoms with Gasteiger partial charge in [0.25, 0.3) is 0 Å². The zero-order valence-electron chi connectivity index (χ0n) is 12.7. The number of H-pyrrole nitrogens is 1. The minimum Gasteiger partial charge on any atom is -0.508 e. The number of phenolic OH excluding ortho intramolecular Hbond substituents is 1. The van der Waals surface area contributed by atoms with E-state index in [9.17, 15) is 5.11 Å². The van der Waals surface area contributed by atoms with Gasteiger partial charge in [0, 0.05) is 32.2 Å². The highest BCUT2D eigenvalue weighted by Gasteiger charge is 2.03. The maximum absolute atomic E-state index is 9.42. The molecule has 1 aromatic carbocycles. The van der Waals surface area contributed by atoms with Gasteiger partial charge in [0.15, 0.2) is 0 Å². The van der Waals surface area contributed by atoms with Crippen LogP contribution in [0.1, 0.15) is 32.0 Å². The average molecular weight is 291 g/mol. The molecular formula is C16H25N3O2. The van der Waals surface area contributed by atoms with Gasteiger partial charge in [0.2, 0.25) is 0 Å². The summed E-state index contributed by atoms with van der Waals surface area (Å²) >= 11 is 0. The van der Waals surface area contributed by atoms with Crippen molar-refractivity contribution < 1.29 is 9.84 Å². The number of nitrogens with zero attached hydrogens (tertiary/aromatic N) is 1. The predicted octanol–water partition coefficient (Wildman–Crippen LogP) is 2.61. The Labute approximate surface area is 125 Å². The summed E-state index contributed by atoms with van der Waals surface area (Å²) in [6.07, 6.45) is 4.23. The van der Waals surface area contributed by atoms with Crippen LogP contribution in [0.2, 0.25) is 0 Å². The maximum atomic E-state index is 9.42. The second-order valence-corrected chi connectivity index (χ2v) is 5.20. The number of aromatic nitrogens is 2. The van der Waals surface area contributed by atoms with Gasteiger partial charge in [-0.1, -0.05) is 13.3 Å². The molecule has 0 bridgehead atoms. The number of phenols is 1. The number of fused-ring (bicyclic) bond motifs is 1. The molecule has 0 unspecified atom stereocenters. The molecule has 0 saturated carbocycles. The van der Waals surface area contributed by atoms with Crippen molar-refractivity contribution in [2.75, 3.05) is 26.3 Å². The van der Waals surface area contributed by atoms with Gasteiger partial charge in [-0.15, -0.1) is 0 Å². The van der Waals surface area contributed by atoms with Crippen LogP contribution in [-0.4, -0.2) is 41.4 Å². The highest BCUT2D eigenvalue weighted by atomic mass is 16.5. The molecule has 0 aliphatic carbocycles. The molecule has 2 rings (SSSR count). The van der Waals surface area contributed by atoms with E-state index in [1.807, 2.05) is 6.07 Å². The molecule has 21 heavy (non-hydrogen) atoms. The van der Waals surface area contributed by atoms with Crippen molar-refractivity contribution in [3.05, 3.63) is 24.0 Å². The van der Waals surface area contributed by atoms with Crippen LogP contribution in [0.15, 0.2) is 18.2 Å². The molecule has 1 heterocycles. The van der Waals surface area contributed by atoms with Gasteiger partial charge in [-0.25, -0.2) is 4.98 Å². The van der Waals surface area contributed by atoms with Crippen LogP contribution in [0, 0.1) is 0 Å². The van der Waals surface area contributed by atoms with E-state index < -0.39 is 0 Å². The summed E-state index contributed by atoms with van der Waals surface area (Å²) in [5.41, 5.74) is 1.78. The summed E-state index contributed by atoms with van der Waals surface area (Å²) in [5, 5.41) is 12.8. The molecule has 0 amide bonds. The van der Waals surface area contributed by atoms with E-state index in [1.54, 1.807) is 12.1 Å². The van der Waals surface area contributed by atoms with Crippen LogP contribution in [0.25, 0.3) is 11.0 Å². The number of imidazole rings is 1. The first kappa shape index (κ1) is 15.8. The summed E-state index contributed by atoms with van der Waals surface area (Å²) in [5.74, 6) is 1.21.